The van der Waals surface area contributed by atoms with Gasteiger partial charge in [0.2, 0.25) is 0 Å². The number of ether oxygens (including phenoxy) is 2. The zero-order valence-electron chi connectivity index (χ0n) is 14.0. The van der Waals surface area contributed by atoms with Gasteiger partial charge < -0.3 is 13.9 Å². The van der Waals surface area contributed by atoms with Gasteiger partial charge in [-0.05, 0) is 24.5 Å². The molecule has 2 aliphatic heterocycles. The summed E-state index contributed by atoms with van der Waals surface area (Å²) >= 11 is 0. The molecule has 0 amide bonds. The van der Waals surface area contributed by atoms with E-state index in [-0.39, 0.29) is 11.7 Å². The van der Waals surface area contributed by atoms with Crippen molar-refractivity contribution >= 4 is 0 Å². The monoisotopic (exact) mass is 327 g/mol. The van der Waals surface area contributed by atoms with Crippen LogP contribution in [0.15, 0.2) is 53.3 Å². The summed E-state index contributed by atoms with van der Waals surface area (Å²) in [6.45, 7) is 4.54. The number of hydrogen-bond donors (Lipinski definition) is 0. The molecule has 1 atom stereocenters. The van der Waals surface area contributed by atoms with Gasteiger partial charge in [0.1, 0.15) is 0 Å². The molecule has 0 aliphatic carbocycles. The third-order valence-electron chi connectivity index (χ3n) is 5.26. The first kappa shape index (κ1) is 15.9. The Morgan fingerprint density at radius 2 is 1.92 bits per heavy atom. The average molecular weight is 327 g/mol. The van der Waals surface area contributed by atoms with Gasteiger partial charge in [0.25, 0.3) is 0 Å². The minimum Gasteiger partial charge on any atom is -0.472 e. The molecule has 4 rings (SSSR count). The van der Waals surface area contributed by atoms with Crippen molar-refractivity contribution in [2.24, 2.45) is 0 Å². The molecule has 3 heterocycles. The van der Waals surface area contributed by atoms with Crippen molar-refractivity contribution in [2.45, 2.75) is 44.1 Å². The maximum Gasteiger partial charge on any atom is 0.0947 e. The molecule has 0 bridgehead atoms. The number of hydrogen-bond acceptors (Lipinski definition) is 4. The van der Waals surface area contributed by atoms with Crippen LogP contribution in [-0.2, 0) is 22.6 Å². The predicted molar refractivity (Wildman–Crippen MR) is 91.5 cm³/mol. The highest BCUT2D eigenvalue weighted by atomic mass is 16.6. The molecule has 1 aromatic heterocycles. The highest BCUT2D eigenvalue weighted by Gasteiger charge is 2.43. The Bertz CT molecular complexity index is 618. The zero-order valence-corrected chi connectivity index (χ0v) is 14.0. The molecule has 2 saturated heterocycles. The lowest BCUT2D eigenvalue weighted by atomic mass is 9.88. The Hall–Kier alpha value is -1.62. The van der Waals surface area contributed by atoms with Crippen molar-refractivity contribution < 1.29 is 13.9 Å². The van der Waals surface area contributed by atoms with Crippen LogP contribution in [0.25, 0.3) is 0 Å². The molecule has 1 spiro atoms. The van der Waals surface area contributed by atoms with E-state index in [2.05, 4.69) is 29.2 Å². The van der Waals surface area contributed by atoms with E-state index in [0.29, 0.717) is 6.61 Å². The van der Waals surface area contributed by atoms with Crippen LogP contribution in [0, 0.1) is 0 Å². The van der Waals surface area contributed by atoms with Crippen LogP contribution >= 0.6 is 0 Å². The van der Waals surface area contributed by atoms with Crippen molar-refractivity contribution in [3.05, 3.63) is 60.1 Å². The van der Waals surface area contributed by atoms with E-state index in [1.807, 2.05) is 18.4 Å². The second kappa shape index (κ2) is 7.09. The predicted octanol–water partition coefficient (Wildman–Crippen LogP) is 3.62. The van der Waals surface area contributed by atoms with Crippen molar-refractivity contribution in [3.63, 3.8) is 0 Å². The first-order chi connectivity index (χ1) is 11.8. The van der Waals surface area contributed by atoms with Gasteiger partial charge >= 0.3 is 0 Å². The van der Waals surface area contributed by atoms with E-state index >= 15 is 0 Å². The fourth-order valence-corrected chi connectivity index (χ4v) is 3.81. The second-order valence-corrected chi connectivity index (χ2v) is 7.02. The van der Waals surface area contributed by atoms with Crippen molar-refractivity contribution in [1.29, 1.82) is 0 Å². The molecule has 0 saturated carbocycles. The lowest BCUT2D eigenvalue weighted by Gasteiger charge is -2.38. The summed E-state index contributed by atoms with van der Waals surface area (Å²) in [6.07, 6.45) is 7.02. The summed E-state index contributed by atoms with van der Waals surface area (Å²) in [7, 11) is 0. The fourth-order valence-electron chi connectivity index (χ4n) is 3.81. The van der Waals surface area contributed by atoms with E-state index in [1.54, 1.807) is 6.26 Å². The largest absolute Gasteiger partial charge is 0.472 e. The second-order valence-electron chi connectivity index (χ2n) is 7.02. The number of likely N-dealkylation sites (tertiary alicyclic amines) is 1. The molecule has 24 heavy (non-hydrogen) atoms. The quantitative estimate of drug-likeness (QED) is 0.840. The first-order valence-electron chi connectivity index (χ1n) is 8.84. The molecule has 128 valence electrons. The van der Waals surface area contributed by atoms with Gasteiger partial charge in [-0.15, -0.1) is 0 Å². The van der Waals surface area contributed by atoms with Gasteiger partial charge in [0, 0.05) is 31.6 Å². The van der Waals surface area contributed by atoms with Crippen LogP contribution in [0.2, 0.25) is 0 Å². The van der Waals surface area contributed by atoms with E-state index < -0.39 is 0 Å². The standard InChI is InChI=1S/C20H25NO3/c1-2-4-17(5-3-1)15-23-19-12-20(24-16-19)7-9-21(10-8-20)13-18-6-11-22-14-18/h1-6,11,14,19H,7-10,12-13,15-16H2/t19-/m1/s1. The lowest BCUT2D eigenvalue weighted by Crippen LogP contribution is -2.43. The molecule has 1 aromatic carbocycles. The summed E-state index contributed by atoms with van der Waals surface area (Å²) < 4.78 is 17.4. The molecule has 2 aliphatic rings. The Kier molecular flexibility index (Phi) is 4.69. The lowest BCUT2D eigenvalue weighted by molar-refractivity contribution is -0.0468. The van der Waals surface area contributed by atoms with E-state index in [9.17, 15) is 0 Å². The molecular weight excluding hydrogens is 302 g/mol. The molecule has 4 nitrogen and oxygen atoms in total. The SMILES string of the molecule is c1ccc(CO[C@H]2COC3(CCN(Cc4ccoc4)CC3)C2)cc1. The Balaban J connectivity index is 1.24. The number of benzene rings is 1. The maximum atomic E-state index is 6.20. The topological polar surface area (TPSA) is 34.8 Å². The summed E-state index contributed by atoms with van der Waals surface area (Å²) in [5.74, 6) is 0. The van der Waals surface area contributed by atoms with Crippen LogP contribution in [-0.4, -0.2) is 36.3 Å². The van der Waals surface area contributed by atoms with Crippen LogP contribution < -0.4 is 0 Å². The molecule has 2 fully saturated rings. The number of furan rings is 1. The number of nitrogens with zero attached hydrogens (tertiary/aromatic N) is 1. The van der Waals surface area contributed by atoms with Crippen LogP contribution in [0.5, 0.6) is 0 Å². The molecule has 4 heteroatoms. The molecular formula is C20H25NO3. The fraction of sp³-hybridized carbons (Fsp3) is 0.500. The summed E-state index contributed by atoms with van der Waals surface area (Å²) in [5.41, 5.74) is 2.52. The average Bonchev–Trinajstić information content (AvgIpc) is 3.27. The van der Waals surface area contributed by atoms with Gasteiger partial charge in [-0.3, -0.25) is 4.90 Å². The smallest absolute Gasteiger partial charge is 0.0947 e. The van der Waals surface area contributed by atoms with Gasteiger partial charge in [-0.2, -0.15) is 0 Å². The minimum atomic E-state index is 0.0360. The number of rotatable bonds is 5. The summed E-state index contributed by atoms with van der Waals surface area (Å²) in [5, 5.41) is 0. The normalized spacial score (nSPS) is 23.8. The Labute approximate surface area is 143 Å². The van der Waals surface area contributed by atoms with Crippen LogP contribution in [0.4, 0.5) is 0 Å². The molecule has 0 N–H and O–H groups in total. The van der Waals surface area contributed by atoms with Gasteiger partial charge in [-0.25, -0.2) is 0 Å². The third kappa shape index (κ3) is 3.72. The Morgan fingerprint density at radius 3 is 2.67 bits per heavy atom. The maximum absolute atomic E-state index is 6.20. The molecule has 2 aromatic rings. The highest BCUT2D eigenvalue weighted by molar-refractivity contribution is 5.13. The number of piperidine rings is 1. The van der Waals surface area contributed by atoms with Gasteiger partial charge in [0.15, 0.2) is 0 Å². The van der Waals surface area contributed by atoms with E-state index in [1.165, 1.54) is 11.1 Å². The summed E-state index contributed by atoms with van der Waals surface area (Å²) in [6, 6.07) is 12.4. The van der Waals surface area contributed by atoms with E-state index in [0.717, 1.165) is 45.5 Å². The summed E-state index contributed by atoms with van der Waals surface area (Å²) in [4.78, 5) is 2.48. The van der Waals surface area contributed by atoms with Gasteiger partial charge in [0.05, 0.1) is 37.4 Å². The third-order valence-corrected chi connectivity index (χ3v) is 5.26. The zero-order chi connectivity index (χ0) is 16.2. The van der Waals surface area contributed by atoms with Crippen LogP contribution in [0.3, 0.4) is 0 Å². The molecule has 0 radical (unpaired) electrons. The molecule has 0 unspecified atom stereocenters. The van der Waals surface area contributed by atoms with Crippen molar-refractivity contribution in [2.75, 3.05) is 19.7 Å². The Morgan fingerprint density at radius 1 is 1.08 bits per heavy atom. The highest BCUT2D eigenvalue weighted by Crippen LogP contribution is 2.37. The van der Waals surface area contributed by atoms with Crippen molar-refractivity contribution in [1.82, 2.24) is 4.90 Å². The first-order valence-corrected chi connectivity index (χ1v) is 8.84. The van der Waals surface area contributed by atoms with E-state index in [4.69, 9.17) is 13.9 Å². The van der Waals surface area contributed by atoms with Crippen LogP contribution in [0.1, 0.15) is 30.4 Å². The minimum absolute atomic E-state index is 0.0360. The van der Waals surface area contributed by atoms with Gasteiger partial charge in [-0.1, -0.05) is 30.3 Å². The van der Waals surface area contributed by atoms with Crippen molar-refractivity contribution in [3.8, 4) is 0 Å².